The van der Waals surface area contributed by atoms with Gasteiger partial charge >= 0.3 is 0 Å². The normalized spacial score (nSPS) is 21.8. The number of ether oxygens (including phenoxy) is 1. The molecule has 1 atom stereocenters. The van der Waals surface area contributed by atoms with Crippen LogP contribution < -0.4 is 10.1 Å². The first-order chi connectivity index (χ1) is 11.9. The van der Waals surface area contributed by atoms with Gasteiger partial charge in [0.25, 0.3) is 0 Å². The first kappa shape index (κ1) is 18.2. The van der Waals surface area contributed by atoms with E-state index in [2.05, 4.69) is 5.32 Å². The maximum atomic E-state index is 13.0. The minimum atomic E-state index is -3.60. The molecule has 6 nitrogen and oxygen atoms in total. The SMILES string of the molecule is CCOc1ccc(S(=O)(=O)N2CCC[C@H](C(=O)NC3CC3)C2)cc1C. The van der Waals surface area contributed by atoms with Crippen molar-refractivity contribution in [1.29, 1.82) is 0 Å². The lowest BCUT2D eigenvalue weighted by molar-refractivity contribution is -0.126. The summed E-state index contributed by atoms with van der Waals surface area (Å²) in [5.74, 6) is 0.431. The molecule has 2 aliphatic rings. The summed E-state index contributed by atoms with van der Waals surface area (Å²) in [7, 11) is -3.60. The molecule has 0 radical (unpaired) electrons. The van der Waals surface area contributed by atoms with E-state index in [-0.39, 0.29) is 23.3 Å². The van der Waals surface area contributed by atoms with Gasteiger partial charge in [-0.2, -0.15) is 4.31 Å². The summed E-state index contributed by atoms with van der Waals surface area (Å²) in [6.07, 6.45) is 3.52. The summed E-state index contributed by atoms with van der Waals surface area (Å²) in [4.78, 5) is 12.5. The summed E-state index contributed by atoms with van der Waals surface area (Å²) < 4.78 is 32.9. The fraction of sp³-hybridized carbons (Fsp3) is 0.611. The molecule has 2 fully saturated rings. The van der Waals surface area contributed by atoms with Crippen molar-refractivity contribution in [3.8, 4) is 5.75 Å². The number of sulfonamides is 1. The molecule has 1 saturated carbocycles. The van der Waals surface area contributed by atoms with E-state index in [1.807, 2.05) is 13.8 Å². The van der Waals surface area contributed by atoms with E-state index >= 15 is 0 Å². The molecule has 1 amide bonds. The number of piperidine rings is 1. The summed E-state index contributed by atoms with van der Waals surface area (Å²) in [5.41, 5.74) is 0.794. The van der Waals surface area contributed by atoms with E-state index in [9.17, 15) is 13.2 Å². The topological polar surface area (TPSA) is 75.7 Å². The van der Waals surface area contributed by atoms with E-state index in [0.717, 1.165) is 24.8 Å². The fourth-order valence-corrected chi connectivity index (χ4v) is 4.78. The van der Waals surface area contributed by atoms with Crippen LogP contribution in [0.3, 0.4) is 0 Å². The van der Waals surface area contributed by atoms with Gasteiger partial charge in [0.1, 0.15) is 5.75 Å². The van der Waals surface area contributed by atoms with Gasteiger partial charge in [0.05, 0.1) is 17.4 Å². The quantitative estimate of drug-likeness (QED) is 0.836. The Morgan fingerprint density at radius 1 is 1.32 bits per heavy atom. The number of nitrogens with zero attached hydrogens (tertiary/aromatic N) is 1. The van der Waals surface area contributed by atoms with Crippen molar-refractivity contribution in [3.63, 3.8) is 0 Å². The van der Waals surface area contributed by atoms with Gasteiger partial charge in [-0.3, -0.25) is 4.79 Å². The summed E-state index contributed by atoms with van der Waals surface area (Å²) in [6.45, 7) is 4.99. The van der Waals surface area contributed by atoms with Crippen LogP contribution in [0.5, 0.6) is 5.75 Å². The standard InChI is InChI=1S/C18H26N2O4S/c1-3-24-17-9-8-16(11-13(17)2)25(22,23)20-10-4-5-14(12-20)18(21)19-15-6-7-15/h8-9,11,14-15H,3-7,10,12H2,1-2H3,(H,19,21)/t14-/m0/s1. The summed E-state index contributed by atoms with van der Waals surface area (Å²) in [5, 5.41) is 2.99. The molecule has 1 aliphatic heterocycles. The zero-order valence-electron chi connectivity index (χ0n) is 14.8. The van der Waals surface area contributed by atoms with Crippen LogP contribution in [0.25, 0.3) is 0 Å². The Bertz CT molecular complexity index is 743. The minimum Gasteiger partial charge on any atom is -0.494 e. The smallest absolute Gasteiger partial charge is 0.243 e. The number of carbonyl (C=O) groups excluding carboxylic acids is 1. The van der Waals surface area contributed by atoms with Gasteiger partial charge in [-0.1, -0.05) is 0 Å². The van der Waals surface area contributed by atoms with Gasteiger partial charge in [0.2, 0.25) is 15.9 Å². The Hall–Kier alpha value is -1.60. The second-order valence-electron chi connectivity index (χ2n) is 6.85. The Morgan fingerprint density at radius 3 is 2.72 bits per heavy atom. The predicted molar refractivity (Wildman–Crippen MR) is 95.0 cm³/mol. The fourth-order valence-electron chi connectivity index (χ4n) is 3.17. The molecular formula is C18H26N2O4S. The molecule has 1 aromatic carbocycles. The Labute approximate surface area is 149 Å². The lowest BCUT2D eigenvalue weighted by Crippen LogP contribution is -2.45. The van der Waals surface area contributed by atoms with Gasteiger partial charge in [-0.15, -0.1) is 0 Å². The van der Waals surface area contributed by atoms with E-state index in [4.69, 9.17) is 4.74 Å². The van der Waals surface area contributed by atoms with Crippen LogP contribution in [0.2, 0.25) is 0 Å². The van der Waals surface area contributed by atoms with Crippen molar-refractivity contribution in [2.45, 2.75) is 50.5 Å². The highest BCUT2D eigenvalue weighted by Gasteiger charge is 2.35. The number of amides is 1. The van der Waals surface area contributed by atoms with Crippen molar-refractivity contribution >= 4 is 15.9 Å². The van der Waals surface area contributed by atoms with E-state index in [1.54, 1.807) is 18.2 Å². The average Bonchev–Trinajstić information content (AvgIpc) is 3.41. The highest BCUT2D eigenvalue weighted by molar-refractivity contribution is 7.89. The van der Waals surface area contributed by atoms with Crippen LogP contribution in [-0.4, -0.2) is 44.4 Å². The third kappa shape index (κ3) is 4.15. The molecule has 25 heavy (non-hydrogen) atoms. The van der Waals surface area contributed by atoms with Crippen LogP contribution in [0, 0.1) is 12.8 Å². The number of hydrogen-bond donors (Lipinski definition) is 1. The average molecular weight is 366 g/mol. The maximum absolute atomic E-state index is 13.0. The van der Waals surface area contributed by atoms with Crippen molar-refractivity contribution in [3.05, 3.63) is 23.8 Å². The van der Waals surface area contributed by atoms with Gasteiger partial charge < -0.3 is 10.1 Å². The minimum absolute atomic E-state index is 0.00901. The maximum Gasteiger partial charge on any atom is 0.243 e. The number of aryl methyl sites for hydroxylation is 1. The lowest BCUT2D eigenvalue weighted by atomic mass is 9.99. The Morgan fingerprint density at radius 2 is 2.08 bits per heavy atom. The number of hydrogen-bond acceptors (Lipinski definition) is 4. The molecule has 1 heterocycles. The third-order valence-electron chi connectivity index (χ3n) is 4.76. The Kier molecular flexibility index (Phi) is 5.34. The van der Waals surface area contributed by atoms with E-state index in [1.165, 1.54) is 4.31 Å². The molecule has 1 saturated heterocycles. The monoisotopic (exact) mass is 366 g/mol. The van der Waals surface area contributed by atoms with Crippen molar-refractivity contribution in [2.75, 3.05) is 19.7 Å². The van der Waals surface area contributed by atoms with Gasteiger partial charge in [-0.05, 0) is 63.3 Å². The van der Waals surface area contributed by atoms with Gasteiger partial charge in [0.15, 0.2) is 0 Å². The predicted octanol–water partition coefficient (Wildman–Crippen LogP) is 2.07. The molecule has 0 unspecified atom stereocenters. The first-order valence-electron chi connectivity index (χ1n) is 8.95. The third-order valence-corrected chi connectivity index (χ3v) is 6.62. The molecule has 3 rings (SSSR count). The highest BCUT2D eigenvalue weighted by atomic mass is 32.2. The summed E-state index contributed by atoms with van der Waals surface area (Å²) >= 11 is 0. The molecule has 1 aromatic rings. The lowest BCUT2D eigenvalue weighted by Gasteiger charge is -2.31. The molecule has 0 aromatic heterocycles. The zero-order chi connectivity index (χ0) is 18.0. The van der Waals surface area contributed by atoms with Crippen LogP contribution in [0.4, 0.5) is 0 Å². The molecule has 1 N–H and O–H groups in total. The van der Waals surface area contributed by atoms with E-state index in [0.29, 0.717) is 31.4 Å². The molecule has 138 valence electrons. The molecule has 7 heteroatoms. The van der Waals surface area contributed by atoms with Crippen molar-refractivity contribution in [2.24, 2.45) is 5.92 Å². The van der Waals surface area contributed by atoms with Crippen LogP contribution >= 0.6 is 0 Å². The second kappa shape index (κ2) is 7.33. The van der Waals surface area contributed by atoms with Gasteiger partial charge in [-0.25, -0.2) is 8.42 Å². The zero-order valence-corrected chi connectivity index (χ0v) is 15.6. The second-order valence-corrected chi connectivity index (χ2v) is 8.78. The number of benzene rings is 1. The van der Waals surface area contributed by atoms with Crippen molar-refractivity contribution in [1.82, 2.24) is 9.62 Å². The molecule has 0 bridgehead atoms. The largest absolute Gasteiger partial charge is 0.494 e. The highest BCUT2D eigenvalue weighted by Crippen LogP contribution is 2.28. The molecular weight excluding hydrogens is 340 g/mol. The van der Waals surface area contributed by atoms with Crippen molar-refractivity contribution < 1.29 is 17.9 Å². The Balaban J connectivity index is 1.74. The molecule has 0 spiro atoms. The summed E-state index contributed by atoms with van der Waals surface area (Å²) in [6, 6.07) is 5.23. The van der Waals surface area contributed by atoms with Crippen LogP contribution in [0.15, 0.2) is 23.1 Å². The first-order valence-corrected chi connectivity index (χ1v) is 10.4. The van der Waals surface area contributed by atoms with E-state index < -0.39 is 10.0 Å². The molecule has 1 aliphatic carbocycles. The van der Waals surface area contributed by atoms with Crippen LogP contribution in [-0.2, 0) is 14.8 Å². The van der Waals surface area contributed by atoms with Gasteiger partial charge in [0, 0.05) is 19.1 Å². The number of rotatable bonds is 6. The van der Waals surface area contributed by atoms with Crippen LogP contribution in [0.1, 0.15) is 38.2 Å². The number of nitrogens with one attached hydrogen (secondary N) is 1. The number of carbonyl (C=O) groups is 1.